The number of carbonyl (C=O) groups is 1. The first-order valence-electron chi connectivity index (χ1n) is 8.04. The highest BCUT2D eigenvalue weighted by Crippen LogP contribution is 2.29. The van der Waals surface area contributed by atoms with Gasteiger partial charge in [-0.3, -0.25) is 4.79 Å². The number of amides is 1. The molecule has 1 aromatic heterocycles. The highest BCUT2D eigenvalue weighted by Gasteiger charge is 2.23. The van der Waals surface area contributed by atoms with Gasteiger partial charge in [-0.1, -0.05) is 42.4 Å². The van der Waals surface area contributed by atoms with Crippen molar-refractivity contribution in [2.75, 3.05) is 0 Å². The third-order valence-corrected chi connectivity index (χ3v) is 5.41. The summed E-state index contributed by atoms with van der Waals surface area (Å²) in [6.07, 6.45) is 6.08. The highest BCUT2D eigenvalue weighted by molar-refractivity contribution is 8.00. The Labute approximate surface area is 140 Å². The number of aromatic nitrogens is 3. The Hall–Kier alpha value is -1.82. The smallest absolute Gasteiger partial charge is 0.233 e. The Morgan fingerprint density at radius 3 is 3.00 bits per heavy atom. The number of nitrogens with zero attached hydrogens (tertiary/aromatic N) is 3. The second-order valence-electron chi connectivity index (χ2n) is 5.99. The van der Waals surface area contributed by atoms with Gasteiger partial charge in [-0.25, -0.2) is 0 Å². The number of hydrogen-bond donors (Lipinski definition) is 1. The van der Waals surface area contributed by atoms with E-state index in [1.54, 1.807) is 6.33 Å². The summed E-state index contributed by atoms with van der Waals surface area (Å²) in [6.45, 7) is 1.91. The van der Waals surface area contributed by atoms with Gasteiger partial charge in [-0.2, -0.15) is 0 Å². The van der Waals surface area contributed by atoms with Crippen LogP contribution in [-0.2, 0) is 18.3 Å². The molecule has 1 aliphatic rings. The molecule has 1 aliphatic carbocycles. The van der Waals surface area contributed by atoms with Crippen molar-refractivity contribution >= 4 is 17.7 Å². The quantitative estimate of drug-likeness (QED) is 0.692. The van der Waals surface area contributed by atoms with Crippen LogP contribution < -0.4 is 5.32 Å². The van der Waals surface area contributed by atoms with Crippen molar-refractivity contribution < 1.29 is 4.79 Å². The van der Waals surface area contributed by atoms with Gasteiger partial charge in [0.2, 0.25) is 5.91 Å². The van der Waals surface area contributed by atoms with E-state index < -0.39 is 0 Å². The summed E-state index contributed by atoms with van der Waals surface area (Å²) in [7, 11) is 1.88. The molecule has 0 unspecified atom stereocenters. The van der Waals surface area contributed by atoms with E-state index in [4.69, 9.17) is 0 Å². The maximum atomic E-state index is 12.6. The fourth-order valence-electron chi connectivity index (χ4n) is 2.95. The van der Waals surface area contributed by atoms with Crippen LogP contribution in [0.5, 0.6) is 0 Å². The topological polar surface area (TPSA) is 59.8 Å². The van der Waals surface area contributed by atoms with Crippen LogP contribution in [0.15, 0.2) is 35.7 Å². The van der Waals surface area contributed by atoms with Crippen LogP contribution in [0.2, 0.25) is 0 Å². The SMILES string of the molecule is C[C@@H](Sc1nncn1C)C(=O)N[C@@H]1CCCCc2ccccc21. The molecule has 0 spiro atoms. The Bertz CT molecular complexity index is 685. The van der Waals surface area contributed by atoms with E-state index >= 15 is 0 Å². The van der Waals surface area contributed by atoms with E-state index in [0.717, 1.165) is 24.4 Å². The molecule has 1 N–H and O–H groups in total. The molecule has 0 saturated carbocycles. The first-order chi connectivity index (χ1) is 11.1. The standard InChI is InChI=1S/C17H22N4OS/c1-12(23-17-20-18-11-21(17)2)16(22)19-15-10-6-4-8-13-7-3-5-9-14(13)15/h3,5,7,9,11-12,15H,4,6,8,10H2,1-2H3,(H,19,22)/t12-,15-/m1/s1. The molecule has 1 amide bonds. The molecule has 2 aromatic rings. The summed E-state index contributed by atoms with van der Waals surface area (Å²) in [4.78, 5) is 12.6. The zero-order chi connectivity index (χ0) is 16.2. The molecule has 0 radical (unpaired) electrons. The number of carbonyl (C=O) groups excluding carboxylic acids is 1. The average Bonchev–Trinajstić information content (AvgIpc) is 2.84. The number of fused-ring (bicyclic) bond motifs is 1. The molecule has 23 heavy (non-hydrogen) atoms. The normalized spacial score (nSPS) is 18.8. The van der Waals surface area contributed by atoms with Gasteiger partial charge in [0.05, 0.1) is 11.3 Å². The molecule has 0 fully saturated rings. The van der Waals surface area contributed by atoms with Gasteiger partial charge in [0.1, 0.15) is 6.33 Å². The van der Waals surface area contributed by atoms with Crippen molar-refractivity contribution in [1.29, 1.82) is 0 Å². The maximum absolute atomic E-state index is 12.6. The largest absolute Gasteiger partial charge is 0.348 e. The third kappa shape index (κ3) is 3.75. The van der Waals surface area contributed by atoms with Crippen LogP contribution in [0.3, 0.4) is 0 Å². The molecular formula is C17H22N4OS. The maximum Gasteiger partial charge on any atom is 0.233 e. The van der Waals surface area contributed by atoms with E-state index in [-0.39, 0.29) is 17.2 Å². The van der Waals surface area contributed by atoms with E-state index in [0.29, 0.717) is 0 Å². The van der Waals surface area contributed by atoms with Gasteiger partial charge < -0.3 is 9.88 Å². The van der Waals surface area contributed by atoms with Crippen LogP contribution in [0.4, 0.5) is 0 Å². The number of hydrogen-bond acceptors (Lipinski definition) is 4. The summed E-state index contributed by atoms with van der Waals surface area (Å²) in [6, 6.07) is 8.57. The van der Waals surface area contributed by atoms with Crippen molar-refractivity contribution in [1.82, 2.24) is 20.1 Å². The number of aryl methyl sites for hydroxylation is 2. The van der Waals surface area contributed by atoms with Crippen molar-refractivity contribution in [3.05, 3.63) is 41.7 Å². The fraction of sp³-hybridized carbons (Fsp3) is 0.471. The Balaban J connectivity index is 1.68. The van der Waals surface area contributed by atoms with Gasteiger partial charge in [-0.05, 0) is 37.3 Å². The van der Waals surface area contributed by atoms with Crippen molar-refractivity contribution in [2.24, 2.45) is 7.05 Å². The minimum atomic E-state index is -0.201. The van der Waals surface area contributed by atoms with E-state index in [2.05, 4.69) is 39.8 Å². The molecule has 1 aromatic carbocycles. The van der Waals surface area contributed by atoms with Gasteiger partial charge in [0.15, 0.2) is 5.16 Å². The first-order valence-corrected chi connectivity index (χ1v) is 8.92. The zero-order valence-electron chi connectivity index (χ0n) is 13.5. The molecule has 3 rings (SSSR count). The molecule has 6 heteroatoms. The molecule has 2 atom stereocenters. The minimum Gasteiger partial charge on any atom is -0.348 e. The van der Waals surface area contributed by atoms with Crippen LogP contribution in [0.25, 0.3) is 0 Å². The van der Waals surface area contributed by atoms with Gasteiger partial charge >= 0.3 is 0 Å². The minimum absolute atomic E-state index is 0.0553. The van der Waals surface area contributed by atoms with Crippen LogP contribution in [0.1, 0.15) is 43.4 Å². The van der Waals surface area contributed by atoms with Crippen molar-refractivity contribution in [2.45, 2.75) is 49.1 Å². The lowest BCUT2D eigenvalue weighted by Gasteiger charge is -2.21. The predicted molar refractivity (Wildman–Crippen MR) is 91.2 cm³/mol. The van der Waals surface area contributed by atoms with Crippen LogP contribution in [-0.4, -0.2) is 25.9 Å². The fourth-order valence-corrected chi connectivity index (χ4v) is 3.75. The lowest BCUT2D eigenvalue weighted by Crippen LogP contribution is -2.34. The molecule has 0 aliphatic heterocycles. The summed E-state index contributed by atoms with van der Waals surface area (Å²) < 4.78 is 1.83. The third-order valence-electron chi connectivity index (χ3n) is 4.26. The summed E-state index contributed by atoms with van der Waals surface area (Å²) >= 11 is 1.44. The Morgan fingerprint density at radius 1 is 1.39 bits per heavy atom. The van der Waals surface area contributed by atoms with Gasteiger partial charge in [0.25, 0.3) is 0 Å². The molecule has 1 heterocycles. The Morgan fingerprint density at radius 2 is 2.22 bits per heavy atom. The monoisotopic (exact) mass is 330 g/mol. The van der Waals surface area contributed by atoms with Gasteiger partial charge in [0, 0.05) is 7.05 Å². The highest BCUT2D eigenvalue weighted by atomic mass is 32.2. The van der Waals surface area contributed by atoms with E-state index in [1.165, 1.54) is 29.3 Å². The number of benzene rings is 1. The number of nitrogens with one attached hydrogen (secondary N) is 1. The Kier molecular flexibility index (Phi) is 5.00. The molecule has 0 bridgehead atoms. The summed E-state index contributed by atoms with van der Waals surface area (Å²) in [5, 5.41) is 11.7. The first kappa shape index (κ1) is 16.1. The second-order valence-corrected chi connectivity index (χ2v) is 7.30. The zero-order valence-corrected chi connectivity index (χ0v) is 14.3. The van der Waals surface area contributed by atoms with E-state index in [1.807, 2.05) is 18.5 Å². The average molecular weight is 330 g/mol. The van der Waals surface area contributed by atoms with Gasteiger partial charge in [-0.15, -0.1) is 10.2 Å². The summed E-state index contributed by atoms with van der Waals surface area (Å²) in [5.41, 5.74) is 2.64. The molecule has 0 saturated heterocycles. The number of thioether (sulfide) groups is 1. The predicted octanol–water partition coefficient (Wildman–Crippen LogP) is 2.88. The van der Waals surface area contributed by atoms with E-state index in [9.17, 15) is 4.79 Å². The van der Waals surface area contributed by atoms with Crippen molar-refractivity contribution in [3.8, 4) is 0 Å². The molecule has 122 valence electrons. The lowest BCUT2D eigenvalue weighted by molar-refractivity contribution is -0.121. The molecular weight excluding hydrogens is 308 g/mol. The second kappa shape index (κ2) is 7.17. The number of rotatable bonds is 4. The van der Waals surface area contributed by atoms with Crippen molar-refractivity contribution in [3.63, 3.8) is 0 Å². The molecule has 5 nitrogen and oxygen atoms in total. The van der Waals surface area contributed by atoms with Crippen LogP contribution in [0, 0.1) is 0 Å². The van der Waals surface area contributed by atoms with Crippen LogP contribution >= 0.6 is 11.8 Å². The summed E-state index contributed by atoms with van der Waals surface area (Å²) in [5.74, 6) is 0.0553. The lowest BCUT2D eigenvalue weighted by atomic mass is 9.99.